The Balaban J connectivity index is 1.71. The van der Waals surface area contributed by atoms with Crippen LogP contribution in [-0.2, 0) is 9.59 Å². The lowest BCUT2D eigenvalue weighted by atomic mass is 10.1. The number of nitrogens with zero attached hydrogens (tertiary/aromatic N) is 2. The molecule has 1 fully saturated rings. The van der Waals surface area contributed by atoms with Crippen LogP contribution >= 0.6 is 0 Å². The zero-order valence-corrected chi connectivity index (χ0v) is 15.0. The number of rotatable bonds is 5. The summed E-state index contributed by atoms with van der Waals surface area (Å²) in [7, 11) is 1.60. The summed E-state index contributed by atoms with van der Waals surface area (Å²) >= 11 is 0. The molecular formula is C19H25N3O3. The number of hydrogen-bond donors (Lipinski definition) is 1. The quantitative estimate of drug-likeness (QED) is 0.890. The number of hydrogen-bond acceptors (Lipinski definition) is 4. The standard InChI is InChI=1S/C19H25N3O3/c1-19(2)21-17(13-8-10-15(25-3)11-9-13)18(24)22(19)12-16(23)20-14-6-4-5-7-14/h8-11,14H,4-7,12H2,1-3H3,(H,20,23). The highest BCUT2D eigenvalue weighted by Crippen LogP contribution is 2.27. The Morgan fingerprint density at radius 3 is 2.52 bits per heavy atom. The zero-order valence-electron chi connectivity index (χ0n) is 15.0. The number of benzene rings is 1. The van der Waals surface area contributed by atoms with Gasteiger partial charge in [0.25, 0.3) is 5.91 Å². The second-order valence-corrected chi connectivity index (χ2v) is 7.12. The molecule has 0 spiro atoms. The second-order valence-electron chi connectivity index (χ2n) is 7.12. The predicted molar refractivity (Wildman–Crippen MR) is 95.7 cm³/mol. The molecule has 1 saturated carbocycles. The highest BCUT2D eigenvalue weighted by Gasteiger charge is 2.41. The summed E-state index contributed by atoms with van der Waals surface area (Å²) in [5.41, 5.74) is 0.387. The zero-order chi connectivity index (χ0) is 18.0. The summed E-state index contributed by atoms with van der Waals surface area (Å²) in [5, 5.41) is 3.03. The number of aliphatic imine (C=N–C) groups is 1. The SMILES string of the molecule is COc1ccc(C2=NC(C)(C)N(CC(=O)NC3CCCC3)C2=O)cc1. The Kier molecular flexibility index (Phi) is 4.79. The molecule has 1 aliphatic carbocycles. The van der Waals surface area contributed by atoms with Crippen molar-refractivity contribution in [2.45, 2.75) is 51.2 Å². The summed E-state index contributed by atoms with van der Waals surface area (Å²) in [6.45, 7) is 3.74. The maximum Gasteiger partial charge on any atom is 0.275 e. The first-order chi connectivity index (χ1) is 11.9. The van der Waals surface area contributed by atoms with E-state index in [0.29, 0.717) is 5.71 Å². The third-order valence-corrected chi connectivity index (χ3v) is 4.88. The smallest absolute Gasteiger partial charge is 0.275 e. The molecule has 6 nitrogen and oxygen atoms in total. The molecule has 1 N–H and O–H groups in total. The Morgan fingerprint density at radius 1 is 1.28 bits per heavy atom. The van der Waals surface area contributed by atoms with E-state index in [1.807, 2.05) is 26.0 Å². The van der Waals surface area contributed by atoms with Gasteiger partial charge in [-0.2, -0.15) is 0 Å². The second kappa shape index (κ2) is 6.86. The highest BCUT2D eigenvalue weighted by molar-refractivity contribution is 6.47. The van der Waals surface area contributed by atoms with Crippen molar-refractivity contribution in [1.82, 2.24) is 10.2 Å². The summed E-state index contributed by atoms with van der Waals surface area (Å²) in [4.78, 5) is 31.3. The van der Waals surface area contributed by atoms with Gasteiger partial charge in [-0.25, -0.2) is 0 Å². The van der Waals surface area contributed by atoms with E-state index in [1.165, 1.54) is 4.90 Å². The van der Waals surface area contributed by atoms with Gasteiger partial charge in [0, 0.05) is 11.6 Å². The molecule has 3 rings (SSSR count). The van der Waals surface area contributed by atoms with Gasteiger partial charge in [-0.3, -0.25) is 14.6 Å². The molecule has 1 aromatic carbocycles. The lowest BCUT2D eigenvalue weighted by molar-refractivity contribution is -0.134. The van der Waals surface area contributed by atoms with Crippen LogP contribution in [0.25, 0.3) is 0 Å². The molecule has 134 valence electrons. The van der Waals surface area contributed by atoms with Gasteiger partial charge < -0.3 is 15.0 Å². The number of ether oxygens (including phenoxy) is 1. The fourth-order valence-corrected chi connectivity index (χ4v) is 3.45. The van der Waals surface area contributed by atoms with Gasteiger partial charge in [-0.1, -0.05) is 12.8 Å². The van der Waals surface area contributed by atoms with E-state index in [-0.39, 0.29) is 24.4 Å². The first-order valence-corrected chi connectivity index (χ1v) is 8.76. The fourth-order valence-electron chi connectivity index (χ4n) is 3.45. The lowest BCUT2D eigenvalue weighted by Gasteiger charge is -2.29. The van der Waals surface area contributed by atoms with Crippen LogP contribution < -0.4 is 10.1 Å². The van der Waals surface area contributed by atoms with Gasteiger partial charge in [-0.15, -0.1) is 0 Å². The van der Waals surface area contributed by atoms with Crippen molar-refractivity contribution in [2.24, 2.45) is 4.99 Å². The van der Waals surface area contributed by atoms with E-state index >= 15 is 0 Å². The molecule has 0 radical (unpaired) electrons. The maximum atomic E-state index is 12.8. The molecule has 0 unspecified atom stereocenters. The molecule has 1 aliphatic heterocycles. The van der Waals surface area contributed by atoms with E-state index in [9.17, 15) is 9.59 Å². The monoisotopic (exact) mass is 343 g/mol. The molecule has 0 aromatic heterocycles. The number of carbonyl (C=O) groups is 2. The Labute approximate surface area is 148 Å². The molecule has 0 bridgehead atoms. The Bertz CT molecular complexity index is 688. The molecule has 1 heterocycles. The normalized spacial score (nSPS) is 19.9. The van der Waals surface area contributed by atoms with Crippen molar-refractivity contribution in [3.8, 4) is 5.75 Å². The Hall–Kier alpha value is -2.37. The van der Waals surface area contributed by atoms with Crippen LogP contribution in [0.4, 0.5) is 0 Å². The van der Waals surface area contributed by atoms with Gasteiger partial charge in [-0.05, 0) is 51.0 Å². The molecule has 25 heavy (non-hydrogen) atoms. The number of amides is 2. The molecule has 1 aromatic rings. The molecule has 0 saturated heterocycles. The van der Waals surface area contributed by atoms with Gasteiger partial charge in [0.2, 0.25) is 5.91 Å². The van der Waals surface area contributed by atoms with Crippen molar-refractivity contribution < 1.29 is 14.3 Å². The lowest BCUT2D eigenvalue weighted by Crippen LogP contribution is -2.49. The van der Waals surface area contributed by atoms with Crippen LogP contribution in [-0.4, -0.2) is 47.8 Å². The van der Waals surface area contributed by atoms with E-state index < -0.39 is 5.66 Å². The summed E-state index contributed by atoms with van der Waals surface area (Å²) < 4.78 is 5.15. The third kappa shape index (κ3) is 3.67. The molecule has 2 aliphatic rings. The molecule has 2 amide bonds. The van der Waals surface area contributed by atoms with Crippen molar-refractivity contribution in [2.75, 3.05) is 13.7 Å². The third-order valence-electron chi connectivity index (χ3n) is 4.88. The van der Waals surface area contributed by atoms with E-state index in [0.717, 1.165) is 37.0 Å². The topological polar surface area (TPSA) is 71.0 Å². The van der Waals surface area contributed by atoms with Crippen LogP contribution in [0.1, 0.15) is 45.1 Å². The van der Waals surface area contributed by atoms with Crippen LogP contribution in [0.15, 0.2) is 29.3 Å². The maximum absolute atomic E-state index is 12.8. The first kappa shape index (κ1) is 17.5. The van der Waals surface area contributed by atoms with Gasteiger partial charge in [0.1, 0.15) is 23.7 Å². The first-order valence-electron chi connectivity index (χ1n) is 8.76. The van der Waals surface area contributed by atoms with E-state index in [2.05, 4.69) is 10.3 Å². The van der Waals surface area contributed by atoms with Crippen molar-refractivity contribution in [3.63, 3.8) is 0 Å². The highest BCUT2D eigenvalue weighted by atomic mass is 16.5. The fraction of sp³-hybridized carbons (Fsp3) is 0.526. The molecule has 0 atom stereocenters. The average Bonchev–Trinajstić information content (AvgIpc) is 3.17. The van der Waals surface area contributed by atoms with Crippen LogP contribution in [0, 0.1) is 0 Å². The van der Waals surface area contributed by atoms with Gasteiger partial charge in [0.05, 0.1) is 7.11 Å². The average molecular weight is 343 g/mol. The summed E-state index contributed by atoms with van der Waals surface area (Å²) in [6, 6.07) is 7.47. The number of carbonyl (C=O) groups excluding carboxylic acids is 2. The minimum absolute atomic E-state index is 0.0332. The largest absolute Gasteiger partial charge is 0.497 e. The van der Waals surface area contributed by atoms with Gasteiger partial charge >= 0.3 is 0 Å². The van der Waals surface area contributed by atoms with Crippen molar-refractivity contribution in [1.29, 1.82) is 0 Å². The van der Waals surface area contributed by atoms with E-state index in [1.54, 1.807) is 19.2 Å². The molecule has 6 heteroatoms. The minimum Gasteiger partial charge on any atom is -0.497 e. The number of nitrogens with one attached hydrogen (secondary N) is 1. The number of methoxy groups -OCH3 is 1. The van der Waals surface area contributed by atoms with Crippen LogP contribution in [0.5, 0.6) is 5.75 Å². The molecular weight excluding hydrogens is 318 g/mol. The van der Waals surface area contributed by atoms with Crippen LogP contribution in [0.2, 0.25) is 0 Å². The summed E-state index contributed by atoms with van der Waals surface area (Å²) in [5.74, 6) is 0.401. The van der Waals surface area contributed by atoms with E-state index in [4.69, 9.17) is 4.74 Å². The minimum atomic E-state index is -0.737. The predicted octanol–water partition coefficient (Wildman–Crippen LogP) is 2.12. The van der Waals surface area contributed by atoms with Crippen molar-refractivity contribution in [3.05, 3.63) is 29.8 Å². The van der Waals surface area contributed by atoms with Gasteiger partial charge in [0.15, 0.2) is 0 Å². The Morgan fingerprint density at radius 2 is 1.92 bits per heavy atom. The van der Waals surface area contributed by atoms with Crippen molar-refractivity contribution >= 4 is 17.5 Å². The summed E-state index contributed by atoms with van der Waals surface area (Å²) in [6.07, 6.45) is 4.36. The van der Waals surface area contributed by atoms with Crippen LogP contribution in [0.3, 0.4) is 0 Å².